The Hall–Kier alpha value is -2.24. The van der Waals surface area contributed by atoms with Gasteiger partial charge in [0.2, 0.25) is 0 Å². The molecule has 5 heteroatoms. The van der Waals surface area contributed by atoms with Crippen molar-refractivity contribution in [3.05, 3.63) is 65.5 Å². The minimum Gasteiger partial charge on any atom is -0.379 e. The molecule has 1 aliphatic heterocycles. The Labute approximate surface area is 148 Å². The summed E-state index contributed by atoms with van der Waals surface area (Å²) in [4.78, 5) is 18.6. The van der Waals surface area contributed by atoms with E-state index in [4.69, 9.17) is 0 Å². The zero-order valence-electron chi connectivity index (χ0n) is 14.6. The summed E-state index contributed by atoms with van der Waals surface area (Å²) < 4.78 is 0. The van der Waals surface area contributed by atoms with E-state index in [1.165, 1.54) is 5.56 Å². The maximum atomic E-state index is 12.8. The Morgan fingerprint density at radius 1 is 1.28 bits per heavy atom. The standard InChI is InChI=1S/C20H25N3O2/c1-16-5-2-6-17(11-16)14-23-10-4-8-20(25,19(23)24)15-22-13-18-7-3-9-21-12-18/h2-3,5-7,9,11-12,22,25H,4,8,10,13-15H2,1H3/t20-/m0/s1. The van der Waals surface area contributed by atoms with Crippen LogP contribution in [0, 0.1) is 6.92 Å². The van der Waals surface area contributed by atoms with Crippen LogP contribution in [-0.2, 0) is 17.9 Å². The van der Waals surface area contributed by atoms with Gasteiger partial charge in [0.25, 0.3) is 5.91 Å². The van der Waals surface area contributed by atoms with Crippen LogP contribution in [0.3, 0.4) is 0 Å². The van der Waals surface area contributed by atoms with E-state index in [2.05, 4.69) is 16.4 Å². The van der Waals surface area contributed by atoms with Crippen LogP contribution in [0.15, 0.2) is 48.8 Å². The first-order valence-corrected chi connectivity index (χ1v) is 8.74. The number of aromatic nitrogens is 1. The molecule has 0 aliphatic carbocycles. The number of aryl methyl sites for hydroxylation is 1. The van der Waals surface area contributed by atoms with E-state index < -0.39 is 5.60 Å². The molecule has 0 bridgehead atoms. The molecule has 1 atom stereocenters. The van der Waals surface area contributed by atoms with Crippen LogP contribution in [-0.4, -0.2) is 39.6 Å². The number of pyridine rings is 1. The molecule has 2 N–H and O–H groups in total. The quantitative estimate of drug-likeness (QED) is 0.845. The van der Waals surface area contributed by atoms with Crippen LogP contribution in [0.4, 0.5) is 0 Å². The minimum atomic E-state index is -1.33. The van der Waals surface area contributed by atoms with Crippen LogP contribution in [0.25, 0.3) is 0 Å². The van der Waals surface area contributed by atoms with Gasteiger partial charge >= 0.3 is 0 Å². The van der Waals surface area contributed by atoms with Gasteiger partial charge < -0.3 is 15.3 Å². The van der Waals surface area contributed by atoms with Gasteiger partial charge in [0.05, 0.1) is 0 Å². The van der Waals surface area contributed by atoms with Gasteiger partial charge in [0, 0.05) is 38.6 Å². The van der Waals surface area contributed by atoms with Gasteiger partial charge in [-0.3, -0.25) is 9.78 Å². The van der Waals surface area contributed by atoms with Crippen LogP contribution in [0.2, 0.25) is 0 Å². The number of hydrogen-bond donors (Lipinski definition) is 2. The molecule has 1 fully saturated rings. The molecule has 1 aliphatic rings. The predicted molar refractivity (Wildman–Crippen MR) is 96.7 cm³/mol. The molecule has 1 saturated heterocycles. The van der Waals surface area contributed by atoms with Crippen LogP contribution in [0.5, 0.6) is 0 Å². The van der Waals surface area contributed by atoms with E-state index >= 15 is 0 Å². The number of aliphatic hydroxyl groups is 1. The average Bonchev–Trinajstić information content (AvgIpc) is 2.60. The van der Waals surface area contributed by atoms with Gasteiger partial charge in [-0.05, 0) is 37.0 Å². The summed E-state index contributed by atoms with van der Waals surface area (Å²) in [7, 11) is 0. The average molecular weight is 339 g/mol. The second-order valence-electron chi connectivity index (χ2n) is 6.82. The van der Waals surface area contributed by atoms with Gasteiger partial charge in [0.15, 0.2) is 5.60 Å². The van der Waals surface area contributed by atoms with Crippen molar-refractivity contribution in [2.45, 2.75) is 38.5 Å². The van der Waals surface area contributed by atoms with Crippen molar-refractivity contribution in [3.63, 3.8) is 0 Å². The highest BCUT2D eigenvalue weighted by atomic mass is 16.3. The van der Waals surface area contributed by atoms with E-state index in [-0.39, 0.29) is 12.5 Å². The molecule has 1 amide bonds. The Bertz CT molecular complexity index is 720. The van der Waals surface area contributed by atoms with Gasteiger partial charge in [-0.15, -0.1) is 0 Å². The molecule has 0 spiro atoms. The zero-order chi connectivity index (χ0) is 17.7. The highest BCUT2D eigenvalue weighted by molar-refractivity contribution is 5.86. The van der Waals surface area contributed by atoms with Gasteiger partial charge in [0.1, 0.15) is 0 Å². The molecule has 2 heterocycles. The molecule has 1 aromatic carbocycles. The topological polar surface area (TPSA) is 65.5 Å². The van der Waals surface area contributed by atoms with E-state index in [9.17, 15) is 9.90 Å². The largest absolute Gasteiger partial charge is 0.379 e. The van der Waals surface area contributed by atoms with Crippen LogP contribution >= 0.6 is 0 Å². The van der Waals surface area contributed by atoms with Gasteiger partial charge in [-0.1, -0.05) is 35.9 Å². The lowest BCUT2D eigenvalue weighted by molar-refractivity contribution is -0.157. The summed E-state index contributed by atoms with van der Waals surface area (Å²) in [5.41, 5.74) is 1.98. The van der Waals surface area contributed by atoms with Crippen molar-refractivity contribution >= 4 is 5.91 Å². The normalized spacial score (nSPS) is 20.7. The molecule has 132 valence electrons. The summed E-state index contributed by atoms with van der Waals surface area (Å²) >= 11 is 0. The van der Waals surface area contributed by atoms with Crippen molar-refractivity contribution in [1.82, 2.24) is 15.2 Å². The van der Waals surface area contributed by atoms with Crippen LogP contribution in [0.1, 0.15) is 29.5 Å². The number of nitrogens with one attached hydrogen (secondary N) is 1. The number of carbonyl (C=O) groups is 1. The van der Waals surface area contributed by atoms with Crippen molar-refractivity contribution in [2.75, 3.05) is 13.1 Å². The Morgan fingerprint density at radius 3 is 2.88 bits per heavy atom. The van der Waals surface area contributed by atoms with E-state index in [0.717, 1.165) is 17.5 Å². The fraction of sp³-hybridized carbons (Fsp3) is 0.400. The monoisotopic (exact) mass is 339 g/mol. The highest BCUT2D eigenvalue weighted by Gasteiger charge is 2.41. The summed E-state index contributed by atoms with van der Waals surface area (Å²) in [6.07, 6.45) is 4.81. The molecule has 0 saturated carbocycles. The third-order valence-electron chi connectivity index (χ3n) is 4.63. The first-order chi connectivity index (χ1) is 12.1. The highest BCUT2D eigenvalue weighted by Crippen LogP contribution is 2.24. The fourth-order valence-electron chi connectivity index (χ4n) is 3.33. The molecular weight excluding hydrogens is 314 g/mol. The molecule has 2 aromatic rings. The van der Waals surface area contributed by atoms with E-state index in [1.54, 1.807) is 17.3 Å². The molecule has 5 nitrogen and oxygen atoms in total. The number of rotatable bonds is 6. The summed E-state index contributed by atoms with van der Waals surface area (Å²) in [5, 5.41) is 14.0. The lowest BCUT2D eigenvalue weighted by Gasteiger charge is -2.38. The number of hydrogen-bond acceptors (Lipinski definition) is 4. The number of carbonyl (C=O) groups excluding carboxylic acids is 1. The predicted octanol–water partition coefficient (Wildman–Crippen LogP) is 2.03. The van der Waals surface area contributed by atoms with Crippen molar-refractivity contribution in [2.24, 2.45) is 0 Å². The smallest absolute Gasteiger partial charge is 0.256 e. The second kappa shape index (κ2) is 7.76. The molecule has 0 radical (unpaired) electrons. The maximum Gasteiger partial charge on any atom is 0.256 e. The van der Waals surface area contributed by atoms with Gasteiger partial charge in [-0.25, -0.2) is 0 Å². The summed E-state index contributed by atoms with van der Waals surface area (Å²) in [6.45, 7) is 4.12. The Morgan fingerprint density at radius 2 is 2.12 bits per heavy atom. The summed E-state index contributed by atoms with van der Waals surface area (Å²) in [5.74, 6) is -0.182. The SMILES string of the molecule is Cc1cccc(CN2CCC[C@](O)(CNCc3cccnc3)C2=O)c1. The number of nitrogens with zero attached hydrogens (tertiary/aromatic N) is 2. The van der Waals surface area contributed by atoms with E-state index in [1.807, 2.05) is 37.3 Å². The van der Waals surface area contributed by atoms with Gasteiger partial charge in [-0.2, -0.15) is 0 Å². The van der Waals surface area contributed by atoms with Crippen LogP contribution < -0.4 is 5.32 Å². The number of amides is 1. The lowest BCUT2D eigenvalue weighted by Crippen LogP contribution is -2.57. The Balaban J connectivity index is 1.60. The zero-order valence-corrected chi connectivity index (χ0v) is 14.6. The summed E-state index contributed by atoms with van der Waals surface area (Å²) in [6, 6.07) is 12.0. The molecule has 25 heavy (non-hydrogen) atoms. The number of piperidine rings is 1. The van der Waals surface area contributed by atoms with Crippen molar-refractivity contribution in [1.29, 1.82) is 0 Å². The molecule has 0 unspecified atom stereocenters. The minimum absolute atomic E-state index is 0.182. The number of benzene rings is 1. The fourth-order valence-corrected chi connectivity index (χ4v) is 3.33. The first-order valence-electron chi connectivity index (χ1n) is 8.74. The lowest BCUT2D eigenvalue weighted by atomic mass is 9.91. The number of likely N-dealkylation sites (tertiary alicyclic amines) is 1. The molecular formula is C20H25N3O2. The molecule has 3 rings (SSSR count). The van der Waals surface area contributed by atoms with E-state index in [0.29, 0.717) is 26.1 Å². The third-order valence-corrected chi connectivity index (χ3v) is 4.63. The van der Waals surface area contributed by atoms with Crippen molar-refractivity contribution < 1.29 is 9.90 Å². The first kappa shape index (κ1) is 17.6. The second-order valence-corrected chi connectivity index (χ2v) is 6.82. The Kier molecular flexibility index (Phi) is 5.46. The molecule has 1 aromatic heterocycles. The maximum absolute atomic E-state index is 12.8. The van der Waals surface area contributed by atoms with Crippen molar-refractivity contribution in [3.8, 4) is 0 Å². The third kappa shape index (κ3) is 4.44.